The van der Waals surface area contributed by atoms with Crippen molar-refractivity contribution in [2.24, 2.45) is 5.92 Å². The van der Waals surface area contributed by atoms with Crippen molar-refractivity contribution in [3.05, 3.63) is 47.5 Å². The lowest BCUT2D eigenvalue weighted by Gasteiger charge is -2.31. The first-order valence-corrected chi connectivity index (χ1v) is 15.0. The summed E-state index contributed by atoms with van der Waals surface area (Å²) < 4.78 is 42.3. The Hall–Kier alpha value is -4.29. The van der Waals surface area contributed by atoms with Gasteiger partial charge in [-0.1, -0.05) is 18.2 Å². The largest absolute Gasteiger partial charge is 0.744 e. The van der Waals surface area contributed by atoms with Gasteiger partial charge >= 0.3 is 5.97 Å². The van der Waals surface area contributed by atoms with E-state index in [0.29, 0.717) is 45.4 Å². The number of imide groups is 1. The Morgan fingerprint density at radius 1 is 0.881 bits per heavy atom. The van der Waals surface area contributed by atoms with Crippen LogP contribution in [0.15, 0.2) is 41.3 Å². The number of ether oxygens (including phenoxy) is 1. The number of benzene rings is 4. The van der Waals surface area contributed by atoms with Gasteiger partial charge in [0.1, 0.15) is 15.9 Å². The van der Waals surface area contributed by atoms with E-state index < -0.39 is 33.8 Å². The highest BCUT2D eigenvalue weighted by molar-refractivity contribution is 7.86. The van der Waals surface area contributed by atoms with Crippen molar-refractivity contribution in [1.82, 2.24) is 9.96 Å². The van der Waals surface area contributed by atoms with E-state index in [1.807, 2.05) is 25.1 Å². The second kappa shape index (κ2) is 10.2. The van der Waals surface area contributed by atoms with Crippen LogP contribution in [-0.4, -0.2) is 66.3 Å². The van der Waals surface area contributed by atoms with E-state index in [1.165, 1.54) is 6.07 Å². The van der Waals surface area contributed by atoms with Crippen molar-refractivity contribution in [3.63, 3.8) is 0 Å². The third-order valence-corrected chi connectivity index (χ3v) is 9.10. The number of piperidine rings is 1. The van der Waals surface area contributed by atoms with Crippen LogP contribution in [0.3, 0.4) is 0 Å². The first-order valence-electron chi connectivity index (χ1n) is 13.6. The lowest BCUT2D eigenvalue weighted by atomic mass is 9.90. The van der Waals surface area contributed by atoms with Crippen LogP contribution in [0.25, 0.3) is 32.3 Å². The van der Waals surface area contributed by atoms with Crippen LogP contribution in [-0.2, 0) is 34.1 Å². The summed E-state index contributed by atoms with van der Waals surface area (Å²) in [6.45, 7) is 3.97. The maximum atomic E-state index is 13.1. The Kier molecular flexibility index (Phi) is 6.77. The predicted molar refractivity (Wildman–Crippen MR) is 150 cm³/mol. The summed E-state index contributed by atoms with van der Waals surface area (Å²) in [7, 11) is -4.72. The smallest absolute Gasteiger partial charge is 0.336 e. The normalized spacial score (nSPS) is 16.7. The van der Waals surface area contributed by atoms with Gasteiger partial charge in [0.25, 0.3) is 17.7 Å². The Morgan fingerprint density at radius 3 is 2.05 bits per heavy atom. The first kappa shape index (κ1) is 27.9. The molecule has 2 heterocycles. The van der Waals surface area contributed by atoms with Crippen LogP contribution in [0, 0.1) is 19.8 Å². The average Bonchev–Trinajstić information content (AvgIpc) is 3.28. The Bertz CT molecular complexity index is 1890. The average molecular weight is 592 g/mol. The fraction of sp³-hybridized carbons (Fsp3) is 0.333. The SMILES string of the molecule is Cc1cc(OCC(=O)N2CCC(C(=O)ON3C(=O)CCC3=O)CC2)c2ccc3c(S(=O)(=O)[O-])cc(C)c4ccc1c2c43. The van der Waals surface area contributed by atoms with Crippen LogP contribution in [0.5, 0.6) is 5.75 Å². The number of carbonyl (C=O) groups is 4. The molecule has 2 aliphatic rings. The number of amides is 3. The molecule has 0 saturated carbocycles. The summed E-state index contributed by atoms with van der Waals surface area (Å²) in [5, 5.41) is 4.69. The number of hydrogen-bond acceptors (Lipinski definition) is 9. The van der Waals surface area contributed by atoms with Crippen molar-refractivity contribution in [3.8, 4) is 5.75 Å². The number of rotatable bonds is 6. The fourth-order valence-electron chi connectivity index (χ4n) is 6.01. The van der Waals surface area contributed by atoms with Gasteiger partial charge in [-0.05, 0) is 72.2 Å². The van der Waals surface area contributed by atoms with Gasteiger partial charge in [-0.25, -0.2) is 13.2 Å². The highest BCUT2D eigenvalue weighted by atomic mass is 32.2. The van der Waals surface area contributed by atoms with Gasteiger partial charge in [0.05, 0.1) is 10.8 Å². The van der Waals surface area contributed by atoms with Gasteiger partial charge in [0, 0.05) is 42.1 Å². The Balaban J connectivity index is 1.20. The van der Waals surface area contributed by atoms with Gasteiger partial charge in [-0.2, -0.15) is 0 Å². The molecule has 2 aliphatic heterocycles. The summed E-state index contributed by atoms with van der Waals surface area (Å²) in [5.74, 6) is -2.09. The van der Waals surface area contributed by atoms with E-state index in [2.05, 4.69) is 0 Å². The molecule has 2 fully saturated rings. The van der Waals surface area contributed by atoms with E-state index in [1.54, 1.807) is 24.0 Å². The van der Waals surface area contributed by atoms with E-state index >= 15 is 0 Å². The predicted octanol–water partition coefficient (Wildman–Crippen LogP) is 3.33. The number of nitrogens with zero attached hydrogens (tertiary/aromatic N) is 2. The van der Waals surface area contributed by atoms with Gasteiger partial charge in [0.2, 0.25) is 0 Å². The fourth-order valence-corrected chi connectivity index (χ4v) is 6.77. The van der Waals surface area contributed by atoms with Crippen LogP contribution in [0.4, 0.5) is 0 Å². The maximum Gasteiger partial charge on any atom is 0.336 e. The summed E-state index contributed by atoms with van der Waals surface area (Å²) in [5.41, 5.74) is 1.53. The van der Waals surface area contributed by atoms with E-state index in [0.717, 1.165) is 21.7 Å². The van der Waals surface area contributed by atoms with Crippen molar-refractivity contribution in [2.45, 2.75) is 44.4 Å². The zero-order valence-corrected chi connectivity index (χ0v) is 23.8. The highest BCUT2D eigenvalue weighted by Crippen LogP contribution is 2.43. The van der Waals surface area contributed by atoms with Gasteiger partial charge in [0.15, 0.2) is 6.61 Å². The molecule has 2 saturated heterocycles. The number of hydroxylamine groups is 2. The third-order valence-electron chi connectivity index (χ3n) is 8.22. The Labute approximate surface area is 241 Å². The van der Waals surface area contributed by atoms with Gasteiger partial charge in [-0.15, -0.1) is 5.06 Å². The van der Waals surface area contributed by atoms with E-state index in [9.17, 15) is 32.1 Å². The van der Waals surface area contributed by atoms with Crippen molar-refractivity contribution < 1.29 is 41.7 Å². The molecule has 0 bridgehead atoms. The van der Waals surface area contributed by atoms with Crippen molar-refractivity contribution in [2.75, 3.05) is 19.7 Å². The second-order valence-corrected chi connectivity index (χ2v) is 12.2. The molecule has 0 aromatic heterocycles. The summed E-state index contributed by atoms with van der Waals surface area (Å²) in [6, 6.07) is 10.4. The first-order chi connectivity index (χ1) is 19.9. The van der Waals surface area contributed by atoms with Crippen LogP contribution >= 0.6 is 0 Å². The molecular weight excluding hydrogens is 564 g/mol. The monoisotopic (exact) mass is 591 g/mol. The minimum Gasteiger partial charge on any atom is -0.744 e. The quantitative estimate of drug-likeness (QED) is 0.187. The van der Waals surface area contributed by atoms with Gasteiger partial charge < -0.3 is 19.0 Å². The van der Waals surface area contributed by atoms with E-state index in [-0.39, 0.29) is 43.3 Å². The van der Waals surface area contributed by atoms with Crippen molar-refractivity contribution in [1.29, 1.82) is 0 Å². The van der Waals surface area contributed by atoms with Crippen molar-refractivity contribution >= 4 is 66.1 Å². The molecule has 0 aliphatic carbocycles. The number of carbonyl (C=O) groups excluding carboxylic acids is 4. The summed E-state index contributed by atoms with van der Waals surface area (Å²) >= 11 is 0. The summed E-state index contributed by atoms with van der Waals surface area (Å²) in [6.07, 6.45) is 0.687. The summed E-state index contributed by atoms with van der Waals surface area (Å²) in [4.78, 5) is 55.3. The molecular formula is C30H27N2O9S-. The molecule has 0 atom stereocenters. The minimum absolute atomic E-state index is 0.0212. The lowest BCUT2D eigenvalue weighted by molar-refractivity contribution is -0.201. The standard InChI is InChI=1S/C30H28N2O9S/c1-16-13-23(21-5-6-22-24(42(37,38)39)14-17(2)20-4-3-19(16)28(21)29(20)22)40-15-27(35)31-11-9-18(10-12-31)30(36)41-32-25(33)7-8-26(32)34/h3-6,13-14,18H,7-12,15H2,1-2H3,(H,37,38,39)/p-1. The maximum absolute atomic E-state index is 13.1. The molecule has 0 radical (unpaired) electrons. The third kappa shape index (κ3) is 4.70. The van der Waals surface area contributed by atoms with E-state index in [4.69, 9.17) is 9.57 Å². The molecule has 42 heavy (non-hydrogen) atoms. The van der Waals surface area contributed by atoms with Crippen LogP contribution in [0.1, 0.15) is 36.8 Å². The second-order valence-electron chi connectivity index (χ2n) is 10.8. The van der Waals surface area contributed by atoms with Crippen LogP contribution < -0.4 is 4.74 Å². The van der Waals surface area contributed by atoms with Crippen LogP contribution in [0.2, 0.25) is 0 Å². The highest BCUT2D eigenvalue weighted by Gasteiger charge is 2.36. The zero-order chi connectivity index (χ0) is 29.9. The molecule has 0 N–H and O–H groups in total. The number of hydrogen-bond donors (Lipinski definition) is 0. The lowest BCUT2D eigenvalue weighted by Crippen LogP contribution is -2.44. The minimum atomic E-state index is -4.72. The van der Waals surface area contributed by atoms with Gasteiger partial charge in [-0.3, -0.25) is 14.4 Å². The topological polar surface area (TPSA) is 150 Å². The Morgan fingerprint density at radius 2 is 1.43 bits per heavy atom. The number of aryl methyl sites for hydroxylation is 2. The molecule has 3 amide bonds. The number of likely N-dealkylation sites (tertiary alicyclic amines) is 1. The molecule has 0 spiro atoms. The molecule has 0 unspecified atom stereocenters. The molecule has 218 valence electrons. The molecule has 4 aromatic carbocycles. The molecule has 6 rings (SSSR count). The zero-order valence-electron chi connectivity index (χ0n) is 23.0. The molecule has 4 aromatic rings. The molecule has 11 nitrogen and oxygen atoms in total. The molecule has 12 heteroatoms.